The Hall–Kier alpha value is -1.31. The third-order valence-electron chi connectivity index (χ3n) is 3.95. The van der Waals surface area contributed by atoms with Crippen LogP contribution in [0.15, 0.2) is 24.3 Å². The summed E-state index contributed by atoms with van der Waals surface area (Å²) in [5.41, 5.74) is -0.0554. The number of rotatable bonds is 12. The number of nitro benzene ring substituents is 1. The molecule has 0 aliphatic carbocycles. The number of hydrogen-bond acceptors (Lipinski definition) is 5. The zero-order valence-corrected chi connectivity index (χ0v) is 20.0. The van der Waals surface area contributed by atoms with E-state index < -0.39 is 30.7 Å². The van der Waals surface area contributed by atoms with Crippen molar-refractivity contribution in [1.29, 1.82) is 0 Å². The minimum absolute atomic E-state index is 0.0554. The van der Waals surface area contributed by atoms with Gasteiger partial charge in [-0.15, -0.1) is 0 Å². The molecule has 152 valence electrons. The van der Waals surface area contributed by atoms with Crippen LogP contribution in [-0.2, 0) is 9.68 Å². The predicted octanol–water partition coefficient (Wildman–Crippen LogP) is 6.33. The average molecular weight is 487 g/mol. The molecule has 0 radical (unpaired) electrons. The van der Waals surface area contributed by atoms with Crippen LogP contribution in [0.5, 0.6) is 5.75 Å². The Morgan fingerprint density at radius 3 is 1.74 bits per heavy atom. The first-order valence-corrected chi connectivity index (χ1v) is 15.9. The standard InChI is InChI=1S/C8H7NO5.3C4H9.Sn/c1-6(10)13-14-8-4-2-7(3-5-8)9(11)12;3*1-3-4-2;/h2-5H,1H3;3*1,3-4H2,2H3;/q;;;;+1. The van der Waals surface area contributed by atoms with E-state index in [4.69, 9.17) is 0 Å². The van der Waals surface area contributed by atoms with E-state index in [-0.39, 0.29) is 11.4 Å². The number of nitrogens with zero attached hydrogens (tertiary/aromatic N) is 1. The van der Waals surface area contributed by atoms with Crippen molar-refractivity contribution >= 4 is 31.4 Å². The molecular formula is C20H34NO5Sn+. The molecule has 0 aromatic heterocycles. The zero-order chi connectivity index (χ0) is 20.5. The Balaban J connectivity index is 0.000000503. The van der Waals surface area contributed by atoms with Gasteiger partial charge in [-0.05, 0) is 12.1 Å². The van der Waals surface area contributed by atoms with E-state index in [1.165, 1.54) is 69.7 Å². The first kappa shape index (κ1) is 25.7. The number of nitro groups is 1. The number of non-ortho nitro benzene ring substituents is 1. The van der Waals surface area contributed by atoms with E-state index in [9.17, 15) is 14.9 Å². The Morgan fingerprint density at radius 1 is 0.963 bits per heavy atom. The monoisotopic (exact) mass is 488 g/mol. The second-order valence-electron chi connectivity index (χ2n) is 6.47. The molecule has 0 spiro atoms. The van der Waals surface area contributed by atoms with Gasteiger partial charge in [-0.2, -0.15) is 0 Å². The van der Waals surface area contributed by atoms with Crippen molar-refractivity contribution in [3.05, 3.63) is 34.4 Å². The molecule has 0 amide bonds. The summed E-state index contributed by atoms with van der Waals surface area (Å²) in [5, 5.41) is 10.3. The molecule has 0 heterocycles. The fourth-order valence-corrected chi connectivity index (χ4v) is 11.8. The quantitative estimate of drug-likeness (QED) is 0.149. The molecule has 1 aromatic rings. The summed E-state index contributed by atoms with van der Waals surface area (Å²) in [4.78, 5) is 28.8. The van der Waals surface area contributed by atoms with Crippen molar-refractivity contribution in [3.8, 4) is 5.75 Å². The normalized spacial score (nSPS) is 9.78. The summed E-state index contributed by atoms with van der Waals surface area (Å²) in [7, 11) is 0. The predicted molar refractivity (Wildman–Crippen MR) is 110 cm³/mol. The fourth-order valence-electron chi connectivity index (χ4n) is 2.39. The van der Waals surface area contributed by atoms with Crippen LogP contribution in [0.3, 0.4) is 0 Å². The van der Waals surface area contributed by atoms with Crippen molar-refractivity contribution in [2.45, 2.75) is 79.5 Å². The summed E-state index contributed by atoms with van der Waals surface area (Å²) >= 11 is -0.839. The van der Waals surface area contributed by atoms with Crippen LogP contribution in [-0.4, -0.2) is 30.7 Å². The second kappa shape index (κ2) is 16.8. The van der Waals surface area contributed by atoms with Gasteiger partial charge in [-0.25, -0.2) is 4.79 Å². The molecule has 0 saturated carbocycles. The van der Waals surface area contributed by atoms with E-state index in [1.807, 2.05) is 0 Å². The van der Waals surface area contributed by atoms with E-state index in [0.29, 0.717) is 0 Å². The molecule has 0 unspecified atom stereocenters. The molecule has 0 fully saturated rings. The number of unbranched alkanes of at least 4 members (excludes halogenated alkanes) is 3. The Morgan fingerprint density at radius 2 is 1.41 bits per heavy atom. The van der Waals surface area contributed by atoms with Gasteiger partial charge in [0.25, 0.3) is 5.69 Å². The fraction of sp³-hybridized carbons (Fsp3) is 0.650. The molecule has 0 N–H and O–H groups in total. The van der Waals surface area contributed by atoms with Gasteiger partial charge in [0.05, 0.1) is 4.92 Å². The van der Waals surface area contributed by atoms with Crippen molar-refractivity contribution in [3.63, 3.8) is 0 Å². The summed E-state index contributed by atoms with van der Waals surface area (Å²) in [5.74, 6) is -0.367. The van der Waals surface area contributed by atoms with Gasteiger partial charge in [-0.1, -0.05) is 0 Å². The van der Waals surface area contributed by atoms with Crippen LogP contribution in [0.25, 0.3) is 0 Å². The first-order valence-electron chi connectivity index (χ1n) is 9.87. The van der Waals surface area contributed by atoms with Crippen LogP contribution in [0, 0.1) is 10.1 Å². The average Bonchev–Trinajstić information content (AvgIpc) is 2.66. The van der Waals surface area contributed by atoms with Gasteiger partial charge in [0, 0.05) is 19.1 Å². The van der Waals surface area contributed by atoms with Gasteiger partial charge >= 0.3 is 98.3 Å². The molecule has 6 nitrogen and oxygen atoms in total. The van der Waals surface area contributed by atoms with Crippen LogP contribution >= 0.6 is 0 Å². The minimum atomic E-state index is -0.839. The van der Waals surface area contributed by atoms with Crippen molar-refractivity contribution in [2.75, 3.05) is 0 Å². The molecule has 0 saturated heterocycles. The van der Waals surface area contributed by atoms with Crippen molar-refractivity contribution < 1.29 is 19.5 Å². The van der Waals surface area contributed by atoms with Crippen LogP contribution in [0.4, 0.5) is 5.69 Å². The molecule has 0 aliphatic heterocycles. The van der Waals surface area contributed by atoms with E-state index >= 15 is 0 Å². The number of hydrogen-bond donors (Lipinski definition) is 0. The zero-order valence-electron chi connectivity index (χ0n) is 17.2. The molecule has 0 atom stereocenters. The van der Waals surface area contributed by atoms with Crippen LogP contribution in [0.1, 0.15) is 66.2 Å². The number of carbonyl (C=O) groups is 1. The maximum absolute atomic E-state index is 10.3. The van der Waals surface area contributed by atoms with Crippen LogP contribution < -0.4 is 4.89 Å². The Bertz CT molecular complexity index is 503. The topological polar surface area (TPSA) is 78.7 Å². The molecule has 27 heavy (non-hydrogen) atoms. The van der Waals surface area contributed by atoms with Gasteiger partial charge in [-0.3, -0.25) is 19.9 Å². The second-order valence-corrected chi connectivity index (χ2v) is 15.0. The molecule has 1 aromatic carbocycles. The maximum atomic E-state index is 10.3. The van der Waals surface area contributed by atoms with Gasteiger partial charge < -0.3 is 0 Å². The van der Waals surface area contributed by atoms with Crippen molar-refractivity contribution in [1.82, 2.24) is 0 Å². The Labute approximate surface area is 170 Å². The van der Waals surface area contributed by atoms with Crippen LogP contribution in [0.2, 0.25) is 13.3 Å². The molecule has 0 bridgehead atoms. The van der Waals surface area contributed by atoms with Gasteiger partial charge in [0.2, 0.25) is 0 Å². The molecule has 1 rings (SSSR count). The molecule has 0 aliphatic rings. The third kappa shape index (κ3) is 14.4. The van der Waals surface area contributed by atoms with E-state index in [1.54, 1.807) is 13.3 Å². The summed E-state index contributed by atoms with van der Waals surface area (Å²) in [6.45, 7) is 8.19. The Kier molecular flexibility index (Phi) is 16.0. The number of carbonyl (C=O) groups excluding carboxylic acids is 1. The summed E-state index contributed by atoms with van der Waals surface area (Å²) < 4.78 is 5.04. The van der Waals surface area contributed by atoms with Crippen molar-refractivity contribution in [2.24, 2.45) is 0 Å². The first-order chi connectivity index (χ1) is 12.9. The number of benzene rings is 1. The SMILES string of the molecule is CC(=O)OOc1ccc([N+](=O)[O-])cc1.CCC[CH2][Sn+]([CH2]CCC)[CH2]CCC. The van der Waals surface area contributed by atoms with E-state index in [0.717, 1.165) is 0 Å². The van der Waals surface area contributed by atoms with Gasteiger partial charge in [0.15, 0.2) is 5.75 Å². The summed E-state index contributed by atoms with van der Waals surface area (Å²) in [6, 6.07) is 5.17. The molecular weight excluding hydrogens is 453 g/mol. The third-order valence-corrected chi connectivity index (χ3v) is 13.0. The van der Waals surface area contributed by atoms with Gasteiger partial charge in [0.1, 0.15) is 0 Å². The van der Waals surface area contributed by atoms with E-state index in [2.05, 4.69) is 30.5 Å². The summed E-state index contributed by atoms with van der Waals surface area (Å²) in [6.07, 6.45) is 8.85. The molecule has 7 heteroatoms.